The van der Waals surface area contributed by atoms with Crippen molar-refractivity contribution in [3.8, 4) is 0 Å². The van der Waals surface area contributed by atoms with Crippen molar-refractivity contribution < 1.29 is 27.8 Å². The van der Waals surface area contributed by atoms with Gasteiger partial charge in [-0.3, -0.25) is 10.1 Å². The van der Waals surface area contributed by atoms with E-state index < -0.39 is 23.7 Å². The van der Waals surface area contributed by atoms with Gasteiger partial charge >= 0.3 is 17.7 Å². The zero-order valence-corrected chi connectivity index (χ0v) is 16.9. The zero-order chi connectivity index (χ0) is 21.4. The van der Waals surface area contributed by atoms with Crippen molar-refractivity contribution in [1.29, 1.82) is 0 Å². The van der Waals surface area contributed by atoms with Crippen LogP contribution in [-0.4, -0.2) is 40.4 Å². The third kappa shape index (κ3) is 3.51. The Labute approximate surface area is 175 Å². The van der Waals surface area contributed by atoms with Gasteiger partial charge in [0, 0.05) is 0 Å². The second-order valence-electron chi connectivity index (χ2n) is 7.49. The van der Waals surface area contributed by atoms with Gasteiger partial charge in [-0.15, -0.1) is 11.3 Å². The van der Waals surface area contributed by atoms with Gasteiger partial charge in [0.2, 0.25) is 0 Å². The molecular formula is C21H21F3N3O2S+. The zero-order valence-electron chi connectivity index (χ0n) is 16.0. The van der Waals surface area contributed by atoms with Crippen LogP contribution in [0.2, 0.25) is 0 Å². The first-order valence-corrected chi connectivity index (χ1v) is 10.7. The first kappa shape index (κ1) is 20.6. The fourth-order valence-electron chi connectivity index (χ4n) is 4.06. The summed E-state index contributed by atoms with van der Waals surface area (Å²) < 4.78 is 43.1. The van der Waals surface area contributed by atoms with E-state index in [2.05, 4.69) is 4.99 Å². The van der Waals surface area contributed by atoms with Crippen LogP contribution >= 0.6 is 11.3 Å². The highest BCUT2D eigenvalue weighted by atomic mass is 32.1. The van der Waals surface area contributed by atoms with Crippen molar-refractivity contribution in [3.63, 3.8) is 0 Å². The molecule has 0 bridgehead atoms. The SMILES string of the molecule is O=C(N[C@]1(C(F)(F)F)[NH+]=C(c2ccccc2)N(C2CCCCC2)C1=O)c1cccs1. The predicted octanol–water partition coefficient (Wildman–Crippen LogP) is 2.44. The van der Waals surface area contributed by atoms with E-state index in [1.807, 2.05) is 5.32 Å². The quantitative estimate of drug-likeness (QED) is 0.774. The van der Waals surface area contributed by atoms with Gasteiger partial charge in [-0.05, 0) is 49.3 Å². The minimum absolute atomic E-state index is 0.0799. The lowest BCUT2D eigenvalue weighted by molar-refractivity contribution is -0.580. The second-order valence-corrected chi connectivity index (χ2v) is 8.43. The van der Waals surface area contributed by atoms with Crippen molar-refractivity contribution in [2.24, 2.45) is 0 Å². The molecule has 2 aliphatic rings. The Balaban J connectivity index is 1.81. The van der Waals surface area contributed by atoms with E-state index in [-0.39, 0.29) is 16.8 Å². The molecule has 1 fully saturated rings. The number of carbonyl (C=O) groups excluding carboxylic acids is 2. The molecule has 4 rings (SSSR count). The average molecular weight is 436 g/mol. The highest BCUT2D eigenvalue weighted by Gasteiger charge is 2.73. The standard InChI is InChI=1S/C21H20F3N3O2S/c22-21(23,24)20(26-18(28)16-12-7-13-30-16)19(29)27(15-10-5-2-6-11-15)17(25-20)14-8-3-1-4-9-14/h1,3-4,7-9,12-13,15H,2,5-6,10-11H2,(H,26,28)/p+1/t20-/m1/s1. The molecule has 2 heterocycles. The number of carbonyl (C=O) groups is 2. The predicted molar refractivity (Wildman–Crippen MR) is 106 cm³/mol. The molecular weight excluding hydrogens is 415 g/mol. The van der Waals surface area contributed by atoms with Crippen LogP contribution < -0.4 is 10.3 Å². The first-order chi connectivity index (χ1) is 14.3. The molecule has 0 spiro atoms. The summed E-state index contributed by atoms with van der Waals surface area (Å²) in [7, 11) is 0. The Hall–Kier alpha value is -2.68. The fraction of sp³-hybridized carbons (Fsp3) is 0.381. The number of hydrogen-bond acceptors (Lipinski definition) is 3. The van der Waals surface area contributed by atoms with Crippen LogP contribution in [0.1, 0.15) is 47.3 Å². The van der Waals surface area contributed by atoms with Gasteiger partial charge < -0.3 is 0 Å². The lowest BCUT2D eigenvalue weighted by Gasteiger charge is -2.29. The Kier molecular flexibility index (Phi) is 5.40. The van der Waals surface area contributed by atoms with Crippen LogP contribution in [0.4, 0.5) is 13.2 Å². The molecule has 1 atom stereocenters. The molecule has 1 aliphatic carbocycles. The van der Waals surface area contributed by atoms with Gasteiger partial charge in [-0.25, -0.2) is 9.79 Å². The molecule has 30 heavy (non-hydrogen) atoms. The number of halogens is 3. The molecule has 5 nitrogen and oxygen atoms in total. The average Bonchev–Trinajstić information content (AvgIpc) is 3.37. The molecule has 1 aromatic carbocycles. The molecule has 1 aromatic heterocycles. The van der Waals surface area contributed by atoms with Gasteiger partial charge in [0.25, 0.3) is 11.7 Å². The smallest absolute Gasteiger partial charge is 0.293 e. The summed E-state index contributed by atoms with van der Waals surface area (Å²) in [5.41, 5.74) is -2.75. The lowest BCUT2D eigenvalue weighted by Crippen LogP contribution is -2.96. The van der Waals surface area contributed by atoms with Crippen molar-refractivity contribution >= 4 is 29.0 Å². The van der Waals surface area contributed by atoms with Crippen LogP contribution in [0.5, 0.6) is 0 Å². The minimum atomic E-state index is -5.04. The Morgan fingerprint density at radius 2 is 1.80 bits per heavy atom. The van der Waals surface area contributed by atoms with E-state index in [1.54, 1.807) is 41.8 Å². The number of nitrogens with zero attached hydrogens (tertiary/aromatic N) is 1. The van der Waals surface area contributed by atoms with E-state index in [9.17, 15) is 22.8 Å². The summed E-state index contributed by atoms with van der Waals surface area (Å²) in [5, 5.41) is 3.57. The molecule has 2 aromatic rings. The Morgan fingerprint density at radius 3 is 2.40 bits per heavy atom. The van der Waals surface area contributed by atoms with Gasteiger partial charge in [-0.2, -0.15) is 18.1 Å². The lowest BCUT2D eigenvalue weighted by atomic mass is 9.93. The number of nitrogens with one attached hydrogen (secondary N) is 2. The fourth-order valence-corrected chi connectivity index (χ4v) is 4.67. The van der Waals surface area contributed by atoms with Crippen molar-refractivity contribution in [2.45, 2.75) is 50.0 Å². The summed E-state index contributed by atoms with van der Waals surface area (Å²) in [4.78, 5) is 29.7. The largest absolute Gasteiger partial charge is 0.465 e. The number of amides is 2. The topological polar surface area (TPSA) is 63.4 Å². The van der Waals surface area contributed by atoms with Gasteiger partial charge in [0.1, 0.15) is 6.04 Å². The van der Waals surface area contributed by atoms with Crippen LogP contribution in [0.3, 0.4) is 0 Å². The second kappa shape index (κ2) is 7.86. The molecule has 2 amide bonds. The maximum atomic E-state index is 14.4. The number of rotatable bonds is 4. The van der Waals surface area contributed by atoms with Crippen LogP contribution in [0.25, 0.3) is 0 Å². The van der Waals surface area contributed by atoms with Gasteiger partial charge in [0.05, 0.1) is 10.4 Å². The number of benzene rings is 1. The Morgan fingerprint density at radius 1 is 1.10 bits per heavy atom. The normalized spacial score (nSPS) is 22.8. The molecule has 1 aliphatic heterocycles. The number of amidine groups is 1. The maximum absolute atomic E-state index is 14.4. The Bertz CT molecular complexity index is 954. The van der Waals surface area contributed by atoms with Gasteiger partial charge in [0.15, 0.2) is 0 Å². The third-order valence-electron chi connectivity index (χ3n) is 5.54. The van der Waals surface area contributed by atoms with E-state index in [4.69, 9.17) is 0 Å². The van der Waals surface area contributed by atoms with Crippen molar-refractivity contribution in [3.05, 3.63) is 58.3 Å². The van der Waals surface area contributed by atoms with E-state index in [0.717, 1.165) is 30.6 Å². The summed E-state index contributed by atoms with van der Waals surface area (Å²) >= 11 is 1.01. The van der Waals surface area contributed by atoms with Gasteiger partial charge in [-0.1, -0.05) is 30.7 Å². The molecule has 0 radical (unpaired) electrons. The summed E-state index contributed by atoms with van der Waals surface area (Å²) in [6.45, 7) is 0. The van der Waals surface area contributed by atoms with E-state index in [0.29, 0.717) is 18.4 Å². The molecule has 158 valence electrons. The number of hydrogen-bond donors (Lipinski definition) is 2. The first-order valence-electron chi connectivity index (χ1n) is 9.80. The van der Waals surface area contributed by atoms with Crippen LogP contribution in [-0.2, 0) is 4.79 Å². The minimum Gasteiger partial charge on any atom is -0.293 e. The number of thiophene rings is 1. The van der Waals surface area contributed by atoms with Crippen LogP contribution in [0.15, 0.2) is 47.8 Å². The summed E-state index contributed by atoms with van der Waals surface area (Å²) in [6.07, 6.45) is -1.12. The molecule has 1 saturated carbocycles. The van der Waals surface area contributed by atoms with Crippen molar-refractivity contribution in [1.82, 2.24) is 10.2 Å². The molecule has 0 unspecified atom stereocenters. The third-order valence-corrected chi connectivity index (χ3v) is 6.41. The highest BCUT2D eigenvalue weighted by molar-refractivity contribution is 7.12. The number of alkyl halides is 3. The molecule has 2 N–H and O–H groups in total. The monoisotopic (exact) mass is 436 g/mol. The van der Waals surface area contributed by atoms with Crippen molar-refractivity contribution in [2.75, 3.05) is 0 Å². The maximum Gasteiger partial charge on any atom is 0.465 e. The van der Waals surface area contributed by atoms with E-state index >= 15 is 0 Å². The van der Waals surface area contributed by atoms with Crippen LogP contribution in [0, 0.1) is 0 Å². The highest BCUT2D eigenvalue weighted by Crippen LogP contribution is 2.33. The summed E-state index contributed by atoms with van der Waals surface area (Å²) in [6, 6.07) is 11.1. The molecule has 9 heteroatoms. The molecule has 0 saturated heterocycles. The van der Waals surface area contributed by atoms with E-state index in [1.165, 1.54) is 11.0 Å². The summed E-state index contributed by atoms with van der Waals surface area (Å²) in [5.74, 6) is -2.05.